The van der Waals surface area contributed by atoms with E-state index in [2.05, 4.69) is 21.2 Å². The quantitative estimate of drug-likeness (QED) is 0.879. The maximum atomic E-state index is 11.3. The van der Waals surface area contributed by atoms with Crippen molar-refractivity contribution in [3.8, 4) is 5.75 Å². The van der Waals surface area contributed by atoms with E-state index < -0.39 is 9.84 Å². The van der Waals surface area contributed by atoms with Gasteiger partial charge in [0.15, 0.2) is 9.84 Å². The molecule has 6 heteroatoms. The van der Waals surface area contributed by atoms with Crippen LogP contribution in [0.15, 0.2) is 22.7 Å². The third-order valence-electron chi connectivity index (χ3n) is 3.15. The van der Waals surface area contributed by atoms with E-state index in [1.54, 1.807) is 6.07 Å². The standard InChI is InChI=1S/C12H16BrNO3S/c13-11-3-1-2-10(12(11)15)7-14-6-9-4-5-18(16,17)8-9/h1-3,9,14-15H,4-8H2. The SMILES string of the molecule is O=S1(=O)CCC(CNCc2cccc(Br)c2O)C1. The van der Waals surface area contributed by atoms with Crippen molar-refractivity contribution in [1.82, 2.24) is 5.32 Å². The number of benzene rings is 1. The maximum Gasteiger partial charge on any atom is 0.150 e. The molecule has 0 bridgehead atoms. The van der Waals surface area contributed by atoms with Crippen LogP contribution in [-0.2, 0) is 16.4 Å². The predicted molar refractivity (Wildman–Crippen MR) is 74.3 cm³/mol. The molecule has 2 rings (SSSR count). The Kier molecular flexibility index (Phi) is 4.29. The molecule has 0 saturated carbocycles. The van der Waals surface area contributed by atoms with Gasteiger partial charge in [-0.1, -0.05) is 12.1 Å². The first-order chi connectivity index (χ1) is 8.48. The molecular weight excluding hydrogens is 318 g/mol. The molecule has 0 aromatic heterocycles. The van der Waals surface area contributed by atoms with E-state index in [9.17, 15) is 13.5 Å². The summed E-state index contributed by atoms with van der Waals surface area (Å²) in [5.74, 6) is 1.03. The minimum absolute atomic E-state index is 0.198. The molecule has 1 aliphatic heterocycles. The number of aromatic hydroxyl groups is 1. The number of phenols is 1. The van der Waals surface area contributed by atoms with Crippen LogP contribution in [0.3, 0.4) is 0 Å². The van der Waals surface area contributed by atoms with E-state index in [0.29, 0.717) is 23.3 Å². The molecule has 1 aliphatic rings. The minimum Gasteiger partial charge on any atom is -0.506 e. The van der Waals surface area contributed by atoms with Gasteiger partial charge in [0.25, 0.3) is 0 Å². The van der Waals surface area contributed by atoms with Crippen molar-refractivity contribution in [1.29, 1.82) is 0 Å². The molecule has 1 fully saturated rings. The lowest BCUT2D eigenvalue weighted by Crippen LogP contribution is -2.23. The summed E-state index contributed by atoms with van der Waals surface area (Å²) in [6.45, 7) is 1.22. The Balaban J connectivity index is 1.84. The Bertz CT molecular complexity index is 530. The van der Waals surface area contributed by atoms with Gasteiger partial charge in [-0.25, -0.2) is 8.42 Å². The highest BCUT2D eigenvalue weighted by atomic mass is 79.9. The first-order valence-corrected chi connectivity index (χ1v) is 8.47. The van der Waals surface area contributed by atoms with E-state index >= 15 is 0 Å². The van der Waals surface area contributed by atoms with Crippen LogP contribution in [0.25, 0.3) is 0 Å². The van der Waals surface area contributed by atoms with Gasteiger partial charge in [0.05, 0.1) is 16.0 Å². The van der Waals surface area contributed by atoms with Gasteiger partial charge in [0.1, 0.15) is 5.75 Å². The number of hydrogen-bond donors (Lipinski definition) is 2. The lowest BCUT2D eigenvalue weighted by Gasteiger charge is -2.11. The Morgan fingerprint density at radius 2 is 2.22 bits per heavy atom. The summed E-state index contributed by atoms with van der Waals surface area (Å²) >= 11 is 3.26. The van der Waals surface area contributed by atoms with Crippen molar-refractivity contribution in [2.45, 2.75) is 13.0 Å². The van der Waals surface area contributed by atoms with Gasteiger partial charge in [0, 0.05) is 12.1 Å². The molecule has 0 spiro atoms. The van der Waals surface area contributed by atoms with E-state index in [4.69, 9.17) is 0 Å². The van der Waals surface area contributed by atoms with Crippen molar-refractivity contribution in [3.63, 3.8) is 0 Å². The van der Waals surface area contributed by atoms with Crippen LogP contribution in [0.4, 0.5) is 0 Å². The fourth-order valence-electron chi connectivity index (χ4n) is 2.15. The van der Waals surface area contributed by atoms with Crippen LogP contribution in [0.1, 0.15) is 12.0 Å². The lowest BCUT2D eigenvalue weighted by molar-refractivity contribution is 0.456. The zero-order chi connectivity index (χ0) is 13.2. The normalized spacial score (nSPS) is 22.2. The molecule has 1 atom stereocenters. The van der Waals surface area contributed by atoms with E-state index in [0.717, 1.165) is 12.0 Å². The lowest BCUT2D eigenvalue weighted by atomic mass is 10.1. The first kappa shape index (κ1) is 13.8. The summed E-state index contributed by atoms with van der Waals surface area (Å²) in [6, 6.07) is 5.49. The monoisotopic (exact) mass is 333 g/mol. The highest BCUT2D eigenvalue weighted by molar-refractivity contribution is 9.10. The molecule has 1 aromatic carbocycles. The van der Waals surface area contributed by atoms with Gasteiger partial charge in [-0.15, -0.1) is 0 Å². The second-order valence-electron chi connectivity index (χ2n) is 4.65. The van der Waals surface area contributed by atoms with Crippen LogP contribution in [-0.4, -0.2) is 31.6 Å². The largest absolute Gasteiger partial charge is 0.506 e. The van der Waals surface area contributed by atoms with Crippen molar-refractivity contribution in [2.24, 2.45) is 5.92 Å². The van der Waals surface area contributed by atoms with Gasteiger partial charge in [-0.2, -0.15) is 0 Å². The molecule has 0 aliphatic carbocycles. The molecule has 1 heterocycles. The highest BCUT2D eigenvalue weighted by Crippen LogP contribution is 2.27. The smallest absolute Gasteiger partial charge is 0.150 e. The average Bonchev–Trinajstić information content (AvgIpc) is 2.64. The van der Waals surface area contributed by atoms with Gasteiger partial charge in [0.2, 0.25) is 0 Å². The number of hydrogen-bond acceptors (Lipinski definition) is 4. The molecule has 2 N–H and O–H groups in total. The number of phenolic OH excluding ortho intramolecular Hbond substituents is 1. The van der Waals surface area contributed by atoms with Crippen molar-refractivity contribution in [3.05, 3.63) is 28.2 Å². The number of sulfone groups is 1. The van der Waals surface area contributed by atoms with Gasteiger partial charge in [-0.3, -0.25) is 0 Å². The third kappa shape index (κ3) is 3.46. The van der Waals surface area contributed by atoms with Crippen molar-refractivity contribution >= 4 is 25.8 Å². The molecule has 100 valence electrons. The van der Waals surface area contributed by atoms with Crippen LogP contribution in [0.2, 0.25) is 0 Å². The van der Waals surface area contributed by atoms with E-state index in [1.165, 1.54) is 0 Å². The molecule has 18 heavy (non-hydrogen) atoms. The second kappa shape index (κ2) is 5.59. The molecule has 1 aromatic rings. The van der Waals surface area contributed by atoms with E-state index in [1.807, 2.05) is 12.1 Å². The molecular formula is C12H16BrNO3S. The zero-order valence-electron chi connectivity index (χ0n) is 9.89. The van der Waals surface area contributed by atoms with Crippen LogP contribution in [0.5, 0.6) is 5.75 Å². The molecule has 1 unspecified atom stereocenters. The maximum absolute atomic E-state index is 11.3. The molecule has 4 nitrogen and oxygen atoms in total. The Hall–Kier alpha value is -0.590. The van der Waals surface area contributed by atoms with Gasteiger partial charge in [-0.05, 0) is 40.9 Å². The summed E-state index contributed by atoms with van der Waals surface area (Å²) < 4.78 is 23.3. The Labute approximate surface area is 115 Å². The fourth-order valence-corrected chi connectivity index (χ4v) is 4.42. The fraction of sp³-hybridized carbons (Fsp3) is 0.500. The van der Waals surface area contributed by atoms with Crippen LogP contribution < -0.4 is 5.32 Å². The van der Waals surface area contributed by atoms with E-state index in [-0.39, 0.29) is 17.4 Å². The zero-order valence-corrected chi connectivity index (χ0v) is 12.3. The van der Waals surface area contributed by atoms with Gasteiger partial charge >= 0.3 is 0 Å². The number of para-hydroxylation sites is 1. The molecule has 0 radical (unpaired) electrons. The van der Waals surface area contributed by atoms with Gasteiger partial charge < -0.3 is 10.4 Å². The third-order valence-corrected chi connectivity index (χ3v) is 5.62. The second-order valence-corrected chi connectivity index (χ2v) is 7.73. The Morgan fingerprint density at radius 3 is 2.89 bits per heavy atom. The first-order valence-electron chi connectivity index (χ1n) is 5.85. The van der Waals surface area contributed by atoms with Crippen molar-refractivity contribution in [2.75, 3.05) is 18.1 Å². The van der Waals surface area contributed by atoms with Crippen molar-refractivity contribution < 1.29 is 13.5 Å². The number of nitrogens with one attached hydrogen (secondary N) is 1. The summed E-state index contributed by atoms with van der Waals surface area (Å²) in [7, 11) is -2.80. The number of rotatable bonds is 4. The minimum atomic E-state index is -2.80. The molecule has 1 saturated heterocycles. The average molecular weight is 334 g/mol. The Morgan fingerprint density at radius 1 is 1.44 bits per heavy atom. The van der Waals surface area contributed by atoms with Crippen LogP contribution >= 0.6 is 15.9 Å². The van der Waals surface area contributed by atoms with Crippen LogP contribution in [0, 0.1) is 5.92 Å². The topological polar surface area (TPSA) is 66.4 Å². The number of halogens is 1. The summed E-state index contributed by atoms with van der Waals surface area (Å²) in [5, 5.41) is 13.0. The summed E-state index contributed by atoms with van der Waals surface area (Å²) in [5.41, 5.74) is 0.810. The summed E-state index contributed by atoms with van der Waals surface area (Å²) in [4.78, 5) is 0. The summed E-state index contributed by atoms with van der Waals surface area (Å²) in [6.07, 6.45) is 0.736. The predicted octanol–water partition coefficient (Wildman–Crippen LogP) is 1.68. The highest BCUT2D eigenvalue weighted by Gasteiger charge is 2.27. The molecule has 0 amide bonds.